The van der Waals surface area contributed by atoms with Crippen molar-refractivity contribution in [3.8, 4) is 11.5 Å². The van der Waals surface area contributed by atoms with E-state index >= 15 is 0 Å². The average molecular weight is 823 g/mol. The number of aliphatic hydroxyl groups excluding tert-OH is 1. The van der Waals surface area contributed by atoms with Gasteiger partial charge in [-0.3, -0.25) is 9.59 Å². The third-order valence-electron chi connectivity index (χ3n) is 7.11. The molecule has 0 aliphatic carbocycles. The number of carbonyl (C=O) groups is 3. The fourth-order valence-electron chi connectivity index (χ4n) is 4.42. The van der Waals surface area contributed by atoms with Gasteiger partial charge in [0.1, 0.15) is 23.6 Å². The van der Waals surface area contributed by atoms with Crippen LogP contribution in [0.25, 0.3) is 0 Å². The van der Waals surface area contributed by atoms with E-state index in [0.29, 0.717) is 11.3 Å². The summed E-state index contributed by atoms with van der Waals surface area (Å²) >= 11 is 0. The van der Waals surface area contributed by atoms with E-state index in [1.165, 1.54) is 31.2 Å². The summed E-state index contributed by atoms with van der Waals surface area (Å²) in [5.41, 5.74) is 12.0. The number of aliphatic carboxylic acids is 1. The second kappa shape index (κ2) is 20.1. The quantitative estimate of drug-likeness (QED) is 0.0487. The predicted molar refractivity (Wildman–Crippen MR) is 198 cm³/mol. The molecule has 0 fully saturated rings. The van der Waals surface area contributed by atoms with Crippen molar-refractivity contribution < 1.29 is 59.8 Å². The summed E-state index contributed by atoms with van der Waals surface area (Å²) in [6.07, 6.45) is -5.15. The number of halogens is 3. The number of alkyl halides is 3. The lowest BCUT2D eigenvalue weighted by atomic mass is 10.1. The Hall–Kier alpha value is -5.95. The lowest BCUT2D eigenvalue weighted by molar-refractivity contribution is -0.192. The van der Waals surface area contributed by atoms with Crippen LogP contribution in [0.4, 0.5) is 18.9 Å². The van der Waals surface area contributed by atoms with Gasteiger partial charge in [-0.05, 0) is 61.0 Å². The van der Waals surface area contributed by atoms with Gasteiger partial charge >= 0.3 is 19.7 Å². The van der Waals surface area contributed by atoms with Gasteiger partial charge in [-0.15, -0.1) is 0 Å². The summed E-state index contributed by atoms with van der Waals surface area (Å²) in [6, 6.07) is 27.5. The molecule has 56 heavy (non-hydrogen) atoms. The van der Waals surface area contributed by atoms with Gasteiger partial charge in [0.25, 0.3) is 0 Å². The van der Waals surface area contributed by atoms with Crippen molar-refractivity contribution in [2.45, 2.75) is 42.3 Å². The Kier molecular flexibility index (Phi) is 16.0. The molecule has 300 valence electrons. The normalized spacial score (nSPS) is 13.0. The minimum atomic E-state index is -5.08. The number of aliphatic imine (C=N–C) groups is 1. The lowest BCUT2D eigenvalue weighted by Gasteiger charge is -2.29. The van der Waals surface area contributed by atoms with Crippen molar-refractivity contribution in [1.29, 1.82) is 0 Å². The number of carbonyl (C=O) groups excluding carboxylic acids is 2. The molecule has 0 aromatic heterocycles. The number of nitrogens with zero attached hydrogens (tertiary/aromatic N) is 1. The molecule has 0 saturated heterocycles. The Balaban J connectivity index is 0.00000109. The summed E-state index contributed by atoms with van der Waals surface area (Å²) in [6.45, 7) is 0.450. The zero-order valence-electron chi connectivity index (χ0n) is 29.4. The topological polar surface area (TPSA) is 262 Å². The number of hydrogen-bond donors (Lipinski definition) is 7. The van der Waals surface area contributed by atoms with E-state index in [1.807, 2.05) is 0 Å². The van der Waals surface area contributed by atoms with Gasteiger partial charge in [0.15, 0.2) is 11.7 Å². The third kappa shape index (κ3) is 14.0. The van der Waals surface area contributed by atoms with E-state index < -0.39 is 66.1 Å². The molecule has 9 N–H and O–H groups in total. The second-order valence-corrected chi connectivity index (χ2v) is 15.3. The average Bonchev–Trinajstić information content (AvgIpc) is 3.15. The summed E-state index contributed by atoms with van der Waals surface area (Å²) in [5.74, 6) is -5.56. The van der Waals surface area contributed by atoms with Crippen LogP contribution in [0.15, 0.2) is 125 Å². The highest BCUT2D eigenvalue weighted by Gasteiger charge is 2.42. The maximum absolute atomic E-state index is 14.8. The van der Waals surface area contributed by atoms with E-state index in [0.717, 1.165) is 0 Å². The molecule has 0 spiro atoms. The zero-order chi connectivity index (χ0) is 41.5. The number of aliphatic hydroxyl groups is 1. The number of rotatable bonds is 16. The largest absolute Gasteiger partial charge is 0.490 e. The van der Waals surface area contributed by atoms with Gasteiger partial charge in [-0.1, -0.05) is 66.7 Å². The first-order chi connectivity index (χ1) is 26.3. The number of carboxylic acids is 1. The van der Waals surface area contributed by atoms with Crippen LogP contribution in [0.2, 0.25) is 0 Å². The van der Waals surface area contributed by atoms with Crippen molar-refractivity contribution in [2.75, 3.05) is 6.61 Å². The van der Waals surface area contributed by atoms with Gasteiger partial charge in [-0.25, -0.2) is 22.8 Å². The van der Waals surface area contributed by atoms with Crippen molar-refractivity contribution in [3.63, 3.8) is 0 Å². The third-order valence-corrected chi connectivity index (χ3v) is 10.6. The molecule has 0 heterocycles. The highest BCUT2D eigenvalue weighted by molar-refractivity contribution is 7.89. The van der Waals surface area contributed by atoms with Crippen molar-refractivity contribution in [1.82, 2.24) is 15.4 Å². The molecule has 4 rings (SSSR count). The Labute approximate surface area is 319 Å². The Bertz CT molecular complexity index is 2050. The van der Waals surface area contributed by atoms with Crippen molar-refractivity contribution in [3.05, 3.63) is 121 Å². The standard InChI is InChI=1S/C33H37N6O8PS.C2HF3O2/c1-23(36-32(42)29(22-40)39-49(44,45)28-15-9-4-10-16-28)31(41)38-30(21-24-17-19-25(20-18-24)37-33(34)35)48(43,46-26-11-5-2-6-12-26)47-27-13-7-3-8-14-27;3-2(4,5)1(6)7/h2-20,23,29-30,39-40H,21-22H2,1H3,(H,36,42)(H,38,41)(H4,34,35,37);(H,6,7)/t23-,29+,30?;/m0./s1. The first-order valence-corrected chi connectivity index (χ1v) is 19.3. The molecule has 4 aromatic rings. The molecule has 0 aliphatic heterocycles. The molecule has 16 nitrogen and oxygen atoms in total. The monoisotopic (exact) mass is 822 g/mol. The van der Waals surface area contributed by atoms with E-state index in [2.05, 4.69) is 20.3 Å². The molecular weight excluding hydrogens is 784 g/mol. The van der Waals surface area contributed by atoms with Crippen molar-refractivity contribution >= 4 is 47.0 Å². The van der Waals surface area contributed by atoms with Crippen LogP contribution in [0.1, 0.15) is 12.5 Å². The van der Waals surface area contributed by atoms with Crippen LogP contribution >= 0.6 is 7.60 Å². The number of carboxylic acid groups (broad SMARTS) is 1. The van der Waals surface area contributed by atoms with E-state index in [4.69, 9.17) is 30.4 Å². The van der Waals surface area contributed by atoms with Crippen LogP contribution in [0, 0.1) is 0 Å². The Morgan fingerprint density at radius 2 is 1.27 bits per heavy atom. The SMILES string of the molecule is C[C@H](NC(=O)[C@@H](CO)NS(=O)(=O)c1ccccc1)C(=O)NC(Cc1ccc(N=C(N)N)cc1)P(=O)(Oc1ccccc1)Oc1ccccc1.O=C(O)C(F)(F)F. The highest BCUT2D eigenvalue weighted by atomic mass is 32.2. The fraction of sp³-hybridized carbons (Fsp3) is 0.200. The molecule has 21 heteroatoms. The first-order valence-electron chi connectivity index (χ1n) is 16.2. The highest BCUT2D eigenvalue weighted by Crippen LogP contribution is 2.53. The maximum Gasteiger partial charge on any atom is 0.490 e. The van der Waals surface area contributed by atoms with Crippen LogP contribution in [-0.4, -0.2) is 73.0 Å². The molecule has 0 radical (unpaired) electrons. The lowest BCUT2D eigenvalue weighted by Crippen LogP contribution is -2.55. The van der Waals surface area contributed by atoms with Crippen LogP contribution < -0.4 is 35.9 Å². The van der Waals surface area contributed by atoms with Gasteiger partial charge in [0.05, 0.1) is 17.2 Å². The van der Waals surface area contributed by atoms with Crippen LogP contribution in [-0.2, 0) is 35.4 Å². The van der Waals surface area contributed by atoms with Gasteiger partial charge < -0.3 is 41.4 Å². The van der Waals surface area contributed by atoms with Crippen LogP contribution in [0.5, 0.6) is 11.5 Å². The number of hydrogen-bond acceptors (Lipinski definition) is 10. The zero-order valence-corrected chi connectivity index (χ0v) is 31.1. The van der Waals surface area contributed by atoms with Gasteiger partial charge in [0.2, 0.25) is 21.8 Å². The minimum absolute atomic E-state index is 0.0679. The van der Waals surface area contributed by atoms with Crippen LogP contribution in [0.3, 0.4) is 0 Å². The first kappa shape index (κ1) is 44.4. The minimum Gasteiger partial charge on any atom is -0.475 e. The number of para-hydroxylation sites is 2. The van der Waals surface area contributed by atoms with E-state index in [9.17, 15) is 40.8 Å². The Morgan fingerprint density at radius 1 is 0.804 bits per heavy atom. The molecule has 2 amide bonds. The van der Waals surface area contributed by atoms with Gasteiger partial charge in [0, 0.05) is 6.42 Å². The second-order valence-electron chi connectivity index (χ2n) is 11.5. The molecule has 0 aliphatic rings. The van der Waals surface area contributed by atoms with Gasteiger partial charge in [-0.2, -0.15) is 17.9 Å². The fourth-order valence-corrected chi connectivity index (χ4v) is 7.47. The molecule has 4 aromatic carbocycles. The molecule has 0 bridgehead atoms. The Morgan fingerprint density at radius 3 is 1.70 bits per heavy atom. The summed E-state index contributed by atoms with van der Waals surface area (Å²) in [5, 5.41) is 22.1. The van der Waals surface area contributed by atoms with Crippen molar-refractivity contribution in [2.24, 2.45) is 16.5 Å². The van der Waals surface area contributed by atoms with E-state index in [-0.39, 0.29) is 28.8 Å². The number of benzene rings is 4. The number of nitrogens with two attached hydrogens (primary N) is 2. The van der Waals surface area contributed by atoms with E-state index in [1.54, 1.807) is 91.0 Å². The summed E-state index contributed by atoms with van der Waals surface area (Å²) in [4.78, 5) is 39.4. The summed E-state index contributed by atoms with van der Waals surface area (Å²) < 4.78 is 86.2. The number of guanidine groups is 1. The smallest absolute Gasteiger partial charge is 0.475 e. The summed E-state index contributed by atoms with van der Waals surface area (Å²) in [7, 11) is -8.51. The predicted octanol–water partition coefficient (Wildman–Crippen LogP) is 3.40. The molecule has 0 saturated carbocycles. The number of nitrogens with one attached hydrogen (secondary N) is 3. The maximum atomic E-state index is 14.8. The molecule has 1 unspecified atom stereocenters. The molecule has 3 atom stereocenters. The number of sulfonamides is 1. The number of amides is 2. The molecular formula is C35H38F3N6O10PS.